The molecule has 2 unspecified atom stereocenters. The molecule has 0 aromatic rings. The average Bonchev–Trinajstić information content (AvgIpc) is 2.73. The van der Waals surface area contributed by atoms with Crippen molar-refractivity contribution in [2.45, 2.75) is 24.1 Å². The van der Waals surface area contributed by atoms with Crippen molar-refractivity contribution >= 4 is 35.7 Å². The Labute approximate surface area is 86.6 Å². The number of allylic oxidation sites excluding steroid dienone is 1. The number of carbonyl (C=O) groups is 1. The summed E-state index contributed by atoms with van der Waals surface area (Å²) in [5, 5.41) is 0.405. The fraction of sp³-hybridized carbons (Fsp3) is 0.556. The Kier molecular flexibility index (Phi) is 2.20. The van der Waals surface area contributed by atoms with Gasteiger partial charge in [0.2, 0.25) is 0 Å². The fourth-order valence-corrected chi connectivity index (χ4v) is 2.59. The Morgan fingerprint density at radius 2 is 2.54 bits per heavy atom. The van der Waals surface area contributed by atoms with Crippen LogP contribution >= 0.6 is 23.2 Å². The van der Waals surface area contributed by atoms with Crippen molar-refractivity contribution in [3.05, 3.63) is 10.7 Å². The number of hydrogen-bond donors (Lipinski definition) is 0. The SMILES string of the molecule is O=CCC1=C(Cl)N=CCC2CC12Cl. The zero-order chi connectivity index (χ0) is 9.47. The Bertz CT molecular complexity index is 311. The maximum Gasteiger partial charge on any atom is 0.130 e. The molecule has 0 N–H and O–H groups in total. The van der Waals surface area contributed by atoms with Crippen LogP contribution in [-0.2, 0) is 4.79 Å². The molecule has 2 atom stereocenters. The highest BCUT2D eigenvalue weighted by Crippen LogP contribution is 2.58. The molecular formula is C9H9Cl2NO. The molecule has 2 rings (SSSR count). The number of rotatable bonds is 2. The summed E-state index contributed by atoms with van der Waals surface area (Å²) in [6, 6.07) is 0. The molecule has 0 spiro atoms. The van der Waals surface area contributed by atoms with Gasteiger partial charge in [0.25, 0.3) is 0 Å². The van der Waals surface area contributed by atoms with Crippen molar-refractivity contribution in [2.24, 2.45) is 10.9 Å². The van der Waals surface area contributed by atoms with E-state index in [0.29, 0.717) is 17.5 Å². The lowest BCUT2D eigenvalue weighted by Gasteiger charge is -2.10. The highest BCUT2D eigenvalue weighted by atomic mass is 35.5. The molecule has 0 aromatic heterocycles. The van der Waals surface area contributed by atoms with E-state index < -0.39 is 0 Å². The zero-order valence-corrected chi connectivity index (χ0v) is 8.48. The molecule has 0 amide bonds. The number of carbonyl (C=O) groups excluding carboxylic acids is 1. The van der Waals surface area contributed by atoms with Gasteiger partial charge in [-0.15, -0.1) is 11.6 Å². The zero-order valence-electron chi connectivity index (χ0n) is 6.96. The van der Waals surface area contributed by atoms with Gasteiger partial charge in [-0.25, -0.2) is 4.99 Å². The highest BCUT2D eigenvalue weighted by Gasteiger charge is 2.56. The lowest BCUT2D eigenvalue weighted by molar-refractivity contribution is -0.107. The van der Waals surface area contributed by atoms with Crippen LogP contribution in [0, 0.1) is 5.92 Å². The minimum atomic E-state index is -0.367. The molecule has 1 saturated carbocycles. The number of alkyl halides is 1. The summed E-state index contributed by atoms with van der Waals surface area (Å²) in [6.45, 7) is 0. The van der Waals surface area contributed by atoms with E-state index in [2.05, 4.69) is 4.99 Å². The van der Waals surface area contributed by atoms with E-state index in [9.17, 15) is 4.79 Å². The Balaban J connectivity index is 2.34. The summed E-state index contributed by atoms with van der Waals surface area (Å²) < 4.78 is 0. The number of hydrogen-bond acceptors (Lipinski definition) is 2. The van der Waals surface area contributed by atoms with Gasteiger partial charge in [0.05, 0.1) is 4.87 Å². The molecule has 70 valence electrons. The maximum atomic E-state index is 10.4. The number of fused-ring (bicyclic) bond motifs is 1. The van der Waals surface area contributed by atoms with Gasteiger partial charge in [0.1, 0.15) is 11.4 Å². The minimum absolute atomic E-state index is 0.302. The van der Waals surface area contributed by atoms with Crippen LogP contribution in [-0.4, -0.2) is 17.4 Å². The molecule has 2 aliphatic rings. The van der Waals surface area contributed by atoms with Crippen LogP contribution < -0.4 is 0 Å². The molecular weight excluding hydrogens is 209 g/mol. The number of aliphatic imine (C=N–C) groups is 1. The standard InChI is InChI=1S/C9H9Cl2NO/c10-8-7(2-4-13)9(11)5-6(9)1-3-12-8/h3-4,6H,1-2,5H2. The monoisotopic (exact) mass is 217 g/mol. The van der Waals surface area contributed by atoms with E-state index in [0.717, 1.165) is 24.7 Å². The Morgan fingerprint density at radius 1 is 1.77 bits per heavy atom. The third-order valence-corrected chi connectivity index (χ3v) is 3.68. The Morgan fingerprint density at radius 3 is 3.23 bits per heavy atom. The topological polar surface area (TPSA) is 29.4 Å². The third kappa shape index (κ3) is 1.42. The molecule has 1 heterocycles. The van der Waals surface area contributed by atoms with Gasteiger partial charge < -0.3 is 4.79 Å². The van der Waals surface area contributed by atoms with Crippen molar-refractivity contribution in [1.29, 1.82) is 0 Å². The second-order valence-electron chi connectivity index (χ2n) is 3.45. The smallest absolute Gasteiger partial charge is 0.130 e. The van der Waals surface area contributed by atoms with E-state index >= 15 is 0 Å². The maximum absolute atomic E-state index is 10.4. The molecule has 0 saturated heterocycles. The summed E-state index contributed by atoms with van der Waals surface area (Å²) in [5.41, 5.74) is 0.796. The van der Waals surface area contributed by atoms with E-state index in [1.807, 2.05) is 0 Å². The normalized spacial score (nSPS) is 36.9. The van der Waals surface area contributed by atoms with Crippen molar-refractivity contribution in [3.63, 3.8) is 0 Å². The lowest BCUT2D eigenvalue weighted by atomic mass is 10.1. The van der Waals surface area contributed by atoms with Crippen LogP contribution in [0.1, 0.15) is 19.3 Å². The third-order valence-electron chi connectivity index (χ3n) is 2.66. The summed E-state index contributed by atoms with van der Waals surface area (Å²) in [6.07, 6.45) is 4.70. The van der Waals surface area contributed by atoms with Gasteiger partial charge >= 0.3 is 0 Å². The fourth-order valence-electron chi connectivity index (χ4n) is 1.79. The quantitative estimate of drug-likeness (QED) is 0.397. The van der Waals surface area contributed by atoms with E-state index in [4.69, 9.17) is 23.2 Å². The highest BCUT2D eigenvalue weighted by molar-refractivity contribution is 6.34. The van der Waals surface area contributed by atoms with Gasteiger partial charge in [-0.05, 0) is 24.3 Å². The van der Waals surface area contributed by atoms with Crippen LogP contribution in [0.4, 0.5) is 0 Å². The second kappa shape index (κ2) is 3.10. The molecule has 1 aliphatic heterocycles. The summed E-state index contributed by atoms with van der Waals surface area (Å²) in [4.78, 5) is 14.1. The molecule has 0 radical (unpaired) electrons. The van der Waals surface area contributed by atoms with Crippen molar-refractivity contribution < 1.29 is 4.79 Å². The predicted octanol–water partition coefficient (Wildman–Crippen LogP) is 2.50. The molecule has 2 nitrogen and oxygen atoms in total. The molecule has 0 bridgehead atoms. The molecule has 1 fully saturated rings. The molecule has 1 aliphatic carbocycles. The van der Waals surface area contributed by atoms with Crippen LogP contribution in [0.3, 0.4) is 0 Å². The molecule has 4 heteroatoms. The minimum Gasteiger partial charge on any atom is -0.303 e. The van der Waals surface area contributed by atoms with Crippen LogP contribution in [0.25, 0.3) is 0 Å². The summed E-state index contributed by atoms with van der Waals surface area (Å²) in [7, 11) is 0. The van der Waals surface area contributed by atoms with Crippen molar-refractivity contribution in [1.82, 2.24) is 0 Å². The van der Waals surface area contributed by atoms with Gasteiger partial charge in [-0.3, -0.25) is 0 Å². The van der Waals surface area contributed by atoms with Gasteiger partial charge in [-0.1, -0.05) is 11.6 Å². The predicted molar refractivity (Wildman–Crippen MR) is 53.4 cm³/mol. The van der Waals surface area contributed by atoms with Crippen LogP contribution in [0.2, 0.25) is 0 Å². The first kappa shape index (κ1) is 9.22. The largest absolute Gasteiger partial charge is 0.303 e. The number of nitrogens with zero attached hydrogens (tertiary/aromatic N) is 1. The first-order chi connectivity index (χ1) is 6.18. The van der Waals surface area contributed by atoms with Crippen molar-refractivity contribution in [3.8, 4) is 0 Å². The summed E-state index contributed by atoms with van der Waals surface area (Å²) >= 11 is 12.2. The van der Waals surface area contributed by atoms with E-state index in [1.165, 1.54) is 0 Å². The van der Waals surface area contributed by atoms with E-state index in [1.54, 1.807) is 6.21 Å². The van der Waals surface area contributed by atoms with Gasteiger partial charge in [0.15, 0.2) is 0 Å². The Hall–Kier alpha value is -0.340. The lowest BCUT2D eigenvalue weighted by Crippen LogP contribution is -2.08. The summed E-state index contributed by atoms with van der Waals surface area (Å²) in [5.74, 6) is 0.420. The van der Waals surface area contributed by atoms with Gasteiger partial charge in [0, 0.05) is 12.6 Å². The molecule has 13 heavy (non-hydrogen) atoms. The number of aldehydes is 1. The van der Waals surface area contributed by atoms with Gasteiger partial charge in [-0.2, -0.15) is 0 Å². The van der Waals surface area contributed by atoms with Crippen LogP contribution in [0.15, 0.2) is 15.7 Å². The first-order valence-corrected chi connectivity index (χ1v) is 4.98. The first-order valence-electron chi connectivity index (χ1n) is 4.22. The average molecular weight is 218 g/mol. The van der Waals surface area contributed by atoms with Crippen LogP contribution in [0.5, 0.6) is 0 Å². The number of halogens is 2. The second-order valence-corrected chi connectivity index (χ2v) is 4.48. The van der Waals surface area contributed by atoms with E-state index in [-0.39, 0.29) is 4.87 Å². The molecule has 0 aromatic carbocycles. The van der Waals surface area contributed by atoms with Crippen molar-refractivity contribution in [2.75, 3.05) is 0 Å².